The van der Waals surface area contributed by atoms with E-state index in [9.17, 15) is 0 Å². The van der Waals surface area contributed by atoms with E-state index in [-0.39, 0.29) is 0 Å². The largest absolute Gasteiger partial charge is 0.302 e. The molecule has 0 N–H and O–H groups in total. The molecule has 5 fully saturated rings. The van der Waals surface area contributed by atoms with Gasteiger partial charge in [-0.3, -0.25) is 0 Å². The summed E-state index contributed by atoms with van der Waals surface area (Å²) in [6.07, 6.45) is 6.03. The number of fused-ring (bicyclic) bond motifs is 3. The maximum absolute atomic E-state index is 2.80. The van der Waals surface area contributed by atoms with Crippen molar-refractivity contribution in [2.24, 2.45) is 17.3 Å². The van der Waals surface area contributed by atoms with Crippen LogP contribution in [0.3, 0.4) is 0 Å². The number of piperidine rings is 3. The molecule has 2 nitrogen and oxygen atoms in total. The lowest BCUT2D eigenvalue weighted by Crippen LogP contribution is -2.50. The molecular weight excluding hydrogens is 244 g/mol. The summed E-state index contributed by atoms with van der Waals surface area (Å²) >= 11 is 0. The minimum atomic E-state index is 0.720. The Morgan fingerprint density at radius 3 is 1.95 bits per heavy atom. The Balaban J connectivity index is 0.000000340. The number of likely N-dealkylation sites (tertiary alicyclic amines) is 1. The van der Waals surface area contributed by atoms with Crippen molar-refractivity contribution in [3.05, 3.63) is 0 Å². The molecule has 3 atom stereocenters. The summed E-state index contributed by atoms with van der Waals surface area (Å²) in [5.74, 6) is 2.15. The molecule has 3 saturated heterocycles. The first-order chi connectivity index (χ1) is 9.66. The van der Waals surface area contributed by atoms with E-state index in [0.717, 1.165) is 29.3 Å². The summed E-state index contributed by atoms with van der Waals surface area (Å²) in [5, 5.41) is 0. The van der Waals surface area contributed by atoms with Gasteiger partial charge >= 0.3 is 0 Å². The van der Waals surface area contributed by atoms with E-state index < -0.39 is 0 Å². The molecule has 0 spiro atoms. The second kappa shape index (κ2) is 6.36. The summed E-state index contributed by atoms with van der Waals surface area (Å²) in [4.78, 5) is 5.43. The number of nitrogens with zero attached hydrogens (tertiary/aromatic N) is 2. The van der Waals surface area contributed by atoms with Gasteiger partial charge < -0.3 is 9.80 Å². The Labute approximate surface area is 126 Å². The highest BCUT2D eigenvalue weighted by atomic mass is 15.3. The second-order valence-corrected chi connectivity index (χ2v) is 7.20. The molecule has 0 aromatic rings. The molecular formula is C18H36N2. The van der Waals surface area contributed by atoms with E-state index in [1.54, 1.807) is 12.8 Å². The van der Waals surface area contributed by atoms with Gasteiger partial charge in [0.15, 0.2) is 0 Å². The zero-order valence-corrected chi connectivity index (χ0v) is 14.7. The molecule has 5 rings (SSSR count). The van der Waals surface area contributed by atoms with Crippen molar-refractivity contribution in [2.45, 2.75) is 72.4 Å². The first-order valence-corrected chi connectivity index (χ1v) is 9.10. The van der Waals surface area contributed by atoms with Gasteiger partial charge in [-0.2, -0.15) is 0 Å². The smallest absolute Gasteiger partial charge is 0.0171 e. The van der Waals surface area contributed by atoms with Crippen molar-refractivity contribution in [3.8, 4) is 0 Å². The molecule has 3 heterocycles. The summed E-state index contributed by atoms with van der Waals surface area (Å²) in [5.41, 5.74) is 0.720. The Bertz CT molecular complexity index is 301. The van der Waals surface area contributed by atoms with Gasteiger partial charge in [-0.15, -0.1) is 0 Å². The third-order valence-electron chi connectivity index (χ3n) is 5.94. The Morgan fingerprint density at radius 2 is 1.50 bits per heavy atom. The summed E-state index contributed by atoms with van der Waals surface area (Å²) in [7, 11) is 2.33. The Kier molecular flexibility index (Phi) is 5.18. The van der Waals surface area contributed by atoms with E-state index >= 15 is 0 Å². The molecule has 2 saturated carbocycles. The molecule has 0 radical (unpaired) electrons. The maximum atomic E-state index is 2.80. The summed E-state index contributed by atoms with van der Waals surface area (Å²) < 4.78 is 0. The van der Waals surface area contributed by atoms with Gasteiger partial charge in [0.1, 0.15) is 0 Å². The van der Waals surface area contributed by atoms with E-state index in [4.69, 9.17) is 0 Å². The molecule has 5 aliphatic rings. The fraction of sp³-hybridized carbons (Fsp3) is 1.00. The van der Waals surface area contributed by atoms with Crippen LogP contribution < -0.4 is 0 Å². The summed E-state index contributed by atoms with van der Waals surface area (Å²) in [6, 6.07) is 1.76. The lowest BCUT2D eigenvalue weighted by atomic mass is 9.71. The van der Waals surface area contributed by atoms with Crippen LogP contribution in [0.25, 0.3) is 0 Å². The van der Waals surface area contributed by atoms with Gasteiger partial charge in [0.25, 0.3) is 0 Å². The van der Waals surface area contributed by atoms with Gasteiger partial charge in [-0.25, -0.2) is 0 Å². The molecule has 0 amide bonds. The van der Waals surface area contributed by atoms with Crippen LogP contribution in [0.5, 0.6) is 0 Å². The van der Waals surface area contributed by atoms with Crippen LogP contribution in [0.4, 0.5) is 0 Å². The lowest BCUT2D eigenvalue weighted by Gasteiger charge is -2.48. The molecule has 2 bridgehead atoms. The van der Waals surface area contributed by atoms with Crippen molar-refractivity contribution in [1.29, 1.82) is 0 Å². The van der Waals surface area contributed by atoms with E-state index in [1.165, 1.54) is 32.5 Å². The standard InChI is InChI=1S/C14H24N2.2C2H6/c1-10-5-14(6-13(14)15(10)2)9-16-7-11-3-12(4-11)8-16;2*1-2/h10-13H,3-9H2,1-2H3;2*1-2H3. The van der Waals surface area contributed by atoms with Gasteiger partial charge in [0.2, 0.25) is 0 Å². The van der Waals surface area contributed by atoms with Crippen LogP contribution in [0.1, 0.15) is 60.3 Å². The van der Waals surface area contributed by atoms with Crippen molar-refractivity contribution in [1.82, 2.24) is 9.80 Å². The molecule has 118 valence electrons. The van der Waals surface area contributed by atoms with Crippen LogP contribution >= 0.6 is 0 Å². The minimum Gasteiger partial charge on any atom is -0.302 e. The van der Waals surface area contributed by atoms with Crippen LogP contribution in [-0.2, 0) is 0 Å². The van der Waals surface area contributed by atoms with Crippen LogP contribution in [0.15, 0.2) is 0 Å². The van der Waals surface area contributed by atoms with E-state index in [2.05, 4.69) is 23.8 Å². The molecule has 0 aromatic carbocycles. The first-order valence-electron chi connectivity index (χ1n) is 9.10. The number of hydrogen-bond acceptors (Lipinski definition) is 2. The zero-order chi connectivity index (χ0) is 14.9. The quantitative estimate of drug-likeness (QED) is 0.758. The van der Waals surface area contributed by atoms with Crippen LogP contribution in [-0.4, -0.2) is 48.6 Å². The van der Waals surface area contributed by atoms with Crippen molar-refractivity contribution >= 4 is 0 Å². The molecule has 3 unspecified atom stereocenters. The highest BCUT2D eigenvalue weighted by molar-refractivity contribution is 5.16. The fourth-order valence-electron chi connectivity index (χ4n) is 4.95. The van der Waals surface area contributed by atoms with Crippen LogP contribution in [0, 0.1) is 17.3 Å². The van der Waals surface area contributed by atoms with Crippen molar-refractivity contribution in [2.75, 3.05) is 26.7 Å². The van der Waals surface area contributed by atoms with Crippen molar-refractivity contribution in [3.63, 3.8) is 0 Å². The predicted molar refractivity (Wildman–Crippen MR) is 88.0 cm³/mol. The average Bonchev–Trinajstić information content (AvgIpc) is 3.08. The minimum absolute atomic E-state index is 0.720. The molecule has 2 heteroatoms. The molecule has 0 aromatic heterocycles. The third-order valence-corrected chi connectivity index (χ3v) is 5.94. The highest BCUT2D eigenvalue weighted by Crippen LogP contribution is 2.59. The van der Waals surface area contributed by atoms with Gasteiger partial charge in [0.05, 0.1) is 0 Å². The summed E-state index contributed by atoms with van der Waals surface area (Å²) in [6.45, 7) is 14.7. The molecule has 3 aliphatic heterocycles. The normalized spacial score (nSPS) is 45.3. The van der Waals surface area contributed by atoms with E-state index in [1.807, 2.05) is 27.7 Å². The number of hydrogen-bond donors (Lipinski definition) is 0. The predicted octanol–water partition coefficient (Wildman–Crippen LogP) is 3.86. The second-order valence-electron chi connectivity index (χ2n) is 7.20. The molecule has 20 heavy (non-hydrogen) atoms. The zero-order valence-electron chi connectivity index (χ0n) is 14.7. The first kappa shape index (κ1) is 16.3. The maximum Gasteiger partial charge on any atom is 0.0171 e. The van der Waals surface area contributed by atoms with Crippen molar-refractivity contribution < 1.29 is 0 Å². The van der Waals surface area contributed by atoms with Gasteiger partial charge in [0, 0.05) is 37.1 Å². The van der Waals surface area contributed by atoms with Crippen LogP contribution in [0.2, 0.25) is 0 Å². The topological polar surface area (TPSA) is 6.48 Å². The van der Waals surface area contributed by atoms with Gasteiger partial charge in [-0.05, 0) is 51.5 Å². The lowest BCUT2D eigenvalue weighted by molar-refractivity contribution is 0.0156. The Hall–Kier alpha value is -0.0800. The SMILES string of the molecule is CC.CC.CC1CC2(CN3CC4CC(C4)C3)CC2N1C. The van der Waals surface area contributed by atoms with Gasteiger partial charge in [-0.1, -0.05) is 27.7 Å². The van der Waals surface area contributed by atoms with E-state index in [0.29, 0.717) is 0 Å². The number of rotatable bonds is 2. The molecule has 2 aliphatic carbocycles. The Morgan fingerprint density at radius 1 is 0.950 bits per heavy atom. The fourth-order valence-corrected chi connectivity index (χ4v) is 4.95. The monoisotopic (exact) mass is 280 g/mol. The average molecular weight is 280 g/mol. The highest BCUT2D eigenvalue weighted by Gasteiger charge is 2.62. The third kappa shape index (κ3) is 2.78.